The zero-order valence-electron chi connectivity index (χ0n) is 11.5. The van der Waals surface area contributed by atoms with Crippen LogP contribution in [0.1, 0.15) is 30.7 Å². The molecule has 0 saturated carbocycles. The lowest BCUT2D eigenvalue weighted by Crippen LogP contribution is -2.33. The van der Waals surface area contributed by atoms with Crippen molar-refractivity contribution in [1.29, 1.82) is 0 Å². The number of H-pyrrole nitrogens is 1. The first-order valence-electron chi connectivity index (χ1n) is 6.72. The highest BCUT2D eigenvalue weighted by atomic mass is 16.5. The van der Waals surface area contributed by atoms with Gasteiger partial charge in [0, 0.05) is 37.5 Å². The normalized spacial score (nSPS) is 18.7. The van der Waals surface area contributed by atoms with E-state index >= 15 is 0 Å². The van der Waals surface area contributed by atoms with E-state index in [-0.39, 0.29) is 17.7 Å². The molecular formula is C13H21N3O3. The summed E-state index contributed by atoms with van der Waals surface area (Å²) in [6.45, 7) is 5.49. The van der Waals surface area contributed by atoms with Crippen molar-refractivity contribution in [1.82, 2.24) is 14.9 Å². The van der Waals surface area contributed by atoms with E-state index in [1.54, 1.807) is 4.57 Å². The quantitative estimate of drug-likeness (QED) is 0.814. The topological polar surface area (TPSA) is 76.1 Å². The van der Waals surface area contributed by atoms with Crippen LogP contribution in [0.4, 0.5) is 0 Å². The summed E-state index contributed by atoms with van der Waals surface area (Å²) in [6, 6.07) is 0. The summed E-state index contributed by atoms with van der Waals surface area (Å²) in [5, 5.41) is 2.85. The molecule has 1 aromatic heterocycles. The molecule has 106 valence electrons. The number of hydrogen-bond acceptors (Lipinski definition) is 3. The molecule has 1 unspecified atom stereocenters. The number of rotatable bonds is 5. The molecule has 1 saturated heterocycles. The second kappa shape index (κ2) is 6.06. The monoisotopic (exact) mass is 267 g/mol. The number of ether oxygens (including phenoxy) is 1. The van der Waals surface area contributed by atoms with Gasteiger partial charge in [0.2, 0.25) is 5.91 Å². The van der Waals surface area contributed by atoms with Crippen LogP contribution < -0.4 is 11.0 Å². The van der Waals surface area contributed by atoms with Crippen molar-refractivity contribution in [2.75, 3.05) is 13.2 Å². The van der Waals surface area contributed by atoms with Gasteiger partial charge in [-0.25, -0.2) is 4.79 Å². The SMILES string of the molecule is Cc1[nH]c(=O)n(CCC(=O)NCC2CCCO2)c1C. The van der Waals surface area contributed by atoms with Gasteiger partial charge in [-0.15, -0.1) is 0 Å². The standard InChI is InChI=1S/C13H21N3O3/c1-9-10(2)16(13(18)15-9)6-5-12(17)14-8-11-4-3-7-19-11/h11H,3-8H2,1-2H3,(H,14,17)(H,15,18). The molecule has 1 fully saturated rings. The molecule has 1 aliphatic rings. The molecule has 0 bridgehead atoms. The Morgan fingerprint density at radius 3 is 2.89 bits per heavy atom. The fraction of sp³-hybridized carbons (Fsp3) is 0.692. The summed E-state index contributed by atoms with van der Waals surface area (Å²) in [5.41, 5.74) is 1.59. The van der Waals surface area contributed by atoms with Crippen LogP contribution in [0.5, 0.6) is 0 Å². The van der Waals surface area contributed by atoms with Gasteiger partial charge < -0.3 is 15.0 Å². The maximum absolute atomic E-state index is 11.7. The Bertz CT molecular complexity index is 498. The summed E-state index contributed by atoms with van der Waals surface area (Å²) in [6.07, 6.45) is 2.54. The van der Waals surface area contributed by atoms with Gasteiger partial charge in [-0.1, -0.05) is 0 Å². The summed E-state index contributed by atoms with van der Waals surface area (Å²) in [7, 11) is 0. The van der Waals surface area contributed by atoms with Crippen LogP contribution in [-0.2, 0) is 16.1 Å². The Balaban J connectivity index is 1.78. The largest absolute Gasteiger partial charge is 0.376 e. The minimum atomic E-state index is -0.151. The van der Waals surface area contributed by atoms with E-state index in [0.717, 1.165) is 30.8 Å². The number of aryl methyl sites for hydroxylation is 1. The molecule has 6 heteroatoms. The molecule has 2 N–H and O–H groups in total. The maximum Gasteiger partial charge on any atom is 0.325 e. The number of carbonyl (C=O) groups excluding carboxylic acids is 1. The van der Waals surface area contributed by atoms with Crippen LogP contribution in [0, 0.1) is 13.8 Å². The first-order valence-corrected chi connectivity index (χ1v) is 6.72. The molecule has 0 aliphatic carbocycles. The molecule has 1 aromatic rings. The van der Waals surface area contributed by atoms with Gasteiger partial charge in [0.05, 0.1) is 6.10 Å². The highest BCUT2D eigenvalue weighted by molar-refractivity contribution is 5.75. The van der Waals surface area contributed by atoms with Crippen LogP contribution in [0.15, 0.2) is 4.79 Å². The fourth-order valence-corrected chi connectivity index (χ4v) is 2.28. The minimum absolute atomic E-state index is 0.0411. The fourth-order valence-electron chi connectivity index (χ4n) is 2.28. The highest BCUT2D eigenvalue weighted by Gasteiger charge is 2.16. The maximum atomic E-state index is 11.7. The lowest BCUT2D eigenvalue weighted by Gasteiger charge is -2.11. The molecule has 2 rings (SSSR count). The first kappa shape index (κ1) is 13.9. The second-order valence-corrected chi connectivity index (χ2v) is 4.98. The number of carbonyl (C=O) groups is 1. The zero-order chi connectivity index (χ0) is 13.8. The number of nitrogens with one attached hydrogen (secondary N) is 2. The molecule has 19 heavy (non-hydrogen) atoms. The van der Waals surface area contributed by atoms with Crippen molar-refractivity contribution in [3.8, 4) is 0 Å². The van der Waals surface area contributed by atoms with Crippen LogP contribution in [-0.4, -0.2) is 34.7 Å². The van der Waals surface area contributed by atoms with Crippen LogP contribution in [0.3, 0.4) is 0 Å². The molecule has 2 heterocycles. The van der Waals surface area contributed by atoms with Crippen LogP contribution in [0.2, 0.25) is 0 Å². The zero-order valence-corrected chi connectivity index (χ0v) is 11.5. The summed E-state index contributed by atoms with van der Waals surface area (Å²) in [5.74, 6) is -0.0411. The van der Waals surface area contributed by atoms with Crippen molar-refractivity contribution in [3.63, 3.8) is 0 Å². The lowest BCUT2D eigenvalue weighted by molar-refractivity contribution is -0.121. The van der Waals surface area contributed by atoms with E-state index in [1.807, 2.05) is 13.8 Å². The van der Waals surface area contributed by atoms with E-state index in [9.17, 15) is 9.59 Å². The average molecular weight is 267 g/mol. The molecular weight excluding hydrogens is 246 g/mol. The average Bonchev–Trinajstić information content (AvgIpc) is 2.96. The Labute approximate surface area is 112 Å². The van der Waals surface area contributed by atoms with Crippen molar-refractivity contribution in [2.45, 2.75) is 45.8 Å². The Kier molecular flexibility index (Phi) is 4.42. The van der Waals surface area contributed by atoms with Gasteiger partial charge in [0.15, 0.2) is 0 Å². The molecule has 6 nitrogen and oxygen atoms in total. The number of amides is 1. The van der Waals surface area contributed by atoms with Crippen molar-refractivity contribution >= 4 is 5.91 Å². The third-order valence-corrected chi connectivity index (χ3v) is 3.60. The number of hydrogen-bond donors (Lipinski definition) is 2. The Morgan fingerprint density at radius 1 is 1.53 bits per heavy atom. The number of imidazole rings is 1. The second-order valence-electron chi connectivity index (χ2n) is 4.98. The van der Waals surface area contributed by atoms with Crippen LogP contribution in [0.25, 0.3) is 0 Å². The van der Waals surface area contributed by atoms with E-state index < -0.39 is 0 Å². The van der Waals surface area contributed by atoms with E-state index in [0.29, 0.717) is 19.5 Å². The third kappa shape index (κ3) is 3.47. The van der Waals surface area contributed by atoms with Crippen molar-refractivity contribution < 1.29 is 9.53 Å². The molecule has 0 aromatic carbocycles. The van der Waals surface area contributed by atoms with E-state index in [1.165, 1.54) is 0 Å². The highest BCUT2D eigenvalue weighted by Crippen LogP contribution is 2.10. The number of aromatic amines is 1. The molecule has 1 atom stereocenters. The predicted octanol–water partition coefficient (Wildman–Crippen LogP) is 0.479. The Morgan fingerprint density at radius 2 is 2.32 bits per heavy atom. The van der Waals surface area contributed by atoms with Gasteiger partial charge in [0.1, 0.15) is 0 Å². The third-order valence-electron chi connectivity index (χ3n) is 3.60. The molecule has 0 spiro atoms. The lowest BCUT2D eigenvalue weighted by atomic mass is 10.2. The molecule has 1 aliphatic heterocycles. The molecule has 0 radical (unpaired) electrons. The smallest absolute Gasteiger partial charge is 0.325 e. The molecule has 1 amide bonds. The summed E-state index contributed by atoms with van der Waals surface area (Å²) < 4.78 is 7.03. The van der Waals surface area contributed by atoms with Crippen LogP contribution >= 0.6 is 0 Å². The van der Waals surface area contributed by atoms with E-state index in [2.05, 4.69) is 10.3 Å². The van der Waals surface area contributed by atoms with Gasteiger partial charge in [-0.3, -0.25) is 9.36 Å². The van der Waals surface area contributed by atoms with Gasteiger partial charge >= 0.3 is 5.69 Å². The van der Waals surface area contributed by atoms with Crippen molar-refractivity contribution in [2.24, 2.45) is 0 Å². The minimum Gasteiger partial charge on any atom is -0.376 e. The van der Waals surface area contributed by atoms with E-state index in [4.69, 9.17) is 4.74 Å². The summed E-state index contributed by atoms with van der Waals surface area (Å²) >= 11 is 0. The predicted molar refractivity (Wildman–Crippen MR) is 71.1 cm³/mol. The van der Waals surface area contributed by atoms with Gasteiger partial charge in [-0.05, 0) is 26.7 Å². The number of aromatic nitrogens is 2. The first-order chi connectivity index (χ1) is 9.08. The Hall–Kier alpha value is -1.56. The van der Waals surface area contributed by atoms with Gasteiger partial charge in [0.25, 0.3) is 0 Å². The van der Waals surface area contributed by atoms with Crippen molar-refractivity contribution in [3.05, 3.63) is 21.9 Å². The summed E-state index contributed by atoms with van der Waals surface area (Å²) in [4.78, 5) is 26.0. The van der Waals surface area contributed by atoms with Gasteiger partial charge in [-0.2, -0.15) is 0 Å². The number of nitrogens with zero attached hydrogens (tertiary/aromatic N) is 1.